The van der Waals surface area contributed by atoms with E-state index in [4.69, 9.17) is 0 Å². The molecule has 0 aliphatic heterocycles. The van der Waals surface area contributed by atoms with Crippen LogP contribution in [0.3, 0.4) is 0 Å². The van der Waals surface area contributed by atoms with Gasteiger partial charge in [0.15, 0.2) is 0 Å². The number of hydrogen-bond acceptors (Lipinski definition) is 2. The molecule has 0 aliphatic rings. The Morgan fingerprint density at radius 2 is 2.13 bits per heavy atom. The molecule has 15 heavy (non-hydrogen) atoms. The topological polar surface area (TPSA) is 29.9 Å². The van der Waals surface area contributed by atoms with Crippen molar-refractivity contribution in [1.29, 1.82) is 0 Å². The smallest absolute Gasteiger partial charge is 0.0815 e. The summed E-state index contributed by atoms with van der Waals surface area (Å²) in [5.74, 6) is 0. The summed E-state index contributed by atoms with van der Waals surface area (Å²) in [5.41, 5.74) is 2.12. The zero-order valence-corrected chi connectivity index (χ0v) is 10.0. The lowest BCUT2D eigenvalue weighted by Crippen LogP contribution is -2.01. The Kier molecular flexibility index (Phi) is 3.06. The maximum absolute atomic E-state index is 4.29. The Hall–Kier alpha value is -1.29. The first kappa shape index (κ1) is 10.2. The zero-order chi connectivity index (χ0) is 10.7. The molecule has 78 valence electrons. The number of aromatic nitrogens is 2. The summed E-state index contributed by atoms with van der Waals surface area (Å²) >= 11 is 3.49. The fourth-order valence-electron chi connectivity index (χ4n) is 1.35. The van der Waals surface area contributed by atoms with E-state index in [1.165, 1.54) is 0 Å². The summed E-state index contributed by atoms with van der Waals surface area (Å²) in [6.07, 6.45) is 1.94. The van der Waals surface area contributed by atoms with E-state index >= 15 is 0 Å². The van der Waals surface area contributed by atoms with E-state index < -0.39 is 0 Å². The van der Waals surface area contributed by atoms with Crippen LogP contribution in [0, 0.1) is 0 Å². The minimum atomic E-state index is 0.740. The number of benzene rings is 1. The van der Waals surface area contributed by atoms with E-state index in [0.29, 0.717) is 0 Å². The van der Waals surface area contributed by atoms with Crippen molar-refractivity contribution in [2.24, 2.45) is 7.05 Å². The number of para-hydroxylation sites is 1. The fourth-order valence-corrected chi connectivity index (χ4v) is 1.77. The van der Waals surface area contributed by atoms with Crippen molar-refractivity contribution in [3.63, 3.8) is 0 Å². The summed E-state index contributed by atoms with van der Waals surface area (Å²) in [6.45, 7) is 0.740. The van der Waals surface area contributed by atoms with Gasteiger partial charge in [-0.05, 0) is 34.1 Å². The maximum atomic E-state index is 4.29. The predicted octanol–water partition coefficient (Wildman–Crippen LogP) is 2.79. The minimum absolute atomic E-state index is 0.740. The van der Waals surface area contributed by atoms with Crippen LogP contribution in [0.5, 0.6) is 0 Å². The van der Waals surface area contributed by atoms with Gasteiger partial charge in [-0.2, -0.15) is 5.10 Å². The average Bonchev–Trinajstić information content (AvgIpc) is 2.63. The van der Waals surface area contributed by atoms with Crippen molar-refractivity contribution in [3.05, 3.63) is 46.7 Å². The third kappa shape index (κ3) is 2.59. The molecule has 0 atom stereocenters. The molecule has 1 heterocycles. The molecule has 0 unspecified atom stereocenters. The van der Waals surface area contributed by atoms with E-state index in [-0.39, 0.29) is 0 Å². The van der Waals surface area contributed by atoms with Gasteiger partial charge < -0.3 is 5.32 Å². The van der Waals surface area contributed by atoms with Crippen LogP contribution in [0.2, 0.25) is 0 Å². The van der Waals surface area contributed by atoms with Gasteiger partial charge in [-0.1, -0.05) is 12.1 Å². The SMILES string of the molecule is Cn1ccc(CNc2ccccc2Br)n1. The van der Waals surface area contributed by atoms with E-state index in [9.17, 15) is 0 Å². The Labute approximate surface area is 97.2 Å². The second-order valence-electron chi connectivity index (χ2n) is 3.31. The van der Waals surface area contributed by atoms with Gasteiger partial charge in [-0.15, -0.1) is 0 Å². The number of nitrogens with one attached hydrogen (secondary N) is 1. The van der Waals surface area contributed by atoms with Crippen molar-refractivity contribution in [2.45, 2.75) is 6.54 Å². The van der Waals surface area contributed by atoms with E-state index in [1.54, 1.807) is 4.68 Å². The molecule has 0 saturated carbocycles. The molecule has 0 aliphatic carbocycles. The Balaban J connectivity index is 2.02. The fraction of sp³-hybridized carbons (Fsp3) is 0.182. The van der Waals surface area contributed by atoms with Crippen molar-refractivity contribution < 1.29 is 0 Å². The number of halogens is 1. The van der Waals surface area contributed by atoms with Gasteiger partial charge in [0.25, 0.3) is 0 Å². The van der Waals surface area contributed by atoms with Crippen molar-refractivity contribution in [3.8, 4) is 0 Å². The second-order valence-corrected chi connectivity index (χ2v) is 4.17. The molecule has 0 bridgehead atoms. The molecule has 0 saturated heterocycles. The highest BCUT2D eigenvalue weighted by Crippen LogP contribution is 2.21. The number of hydrogen-bond donors (Lipinski definition) is 1. The van der Waals surface area contributed by atoms with Gasteiger partial charge in [-0.25, -0.2) is 0 Å². The van der Waals surface area contributed by atoms with Gasteiger partial charge in [0.05, 0.1) is 12.2 Å². The van der Waals surface area contributed by atoms with E-state index in [2.05, 4.69) is 26.3 Å². The average molecular weight is 266 g/mol. The third-order valence-electron chi connectivity index (χ3n) is 2.10. The van der Waals surface area contributed by atoms with Gasteiger partial charge >= 0.3 is 0 Å². The zero-order valence-electron chi connectivity index (χ0n) is 8.44. The lowest BCUT2D eigenvalue weighted by atomic mass is 10.3. The van der Waals surface area contributed by atoms with Crippen LogP contribution in [0.4, 0.5) is 5.69 Å². The maximum Gasteiger partial charge on any atom is 0.0815 e. The molecular formula is C11H12BrN3. The highest BCUT2D eigenvalue weighted by Gasteiger charge is 1.99. The van der Waals surface area contributed by atoms with Gasteiger partial charge in [-0.3, -0.25) is 4.68 Å². The Morgan fingerprint density at radius 1 is 1.33 bits per heavy atom. The lowest BCUT2D eigenvalue weighted by Gasteiger charge is -2.05. The molecule has 2 aromatic rings. The summed E-state index contributed by atoms with van der Waals surface area (Å²) < 4.78 is 2.87. The normalized spacial score (nSPS) is 10.3. The predicted molar refractivity (Wildman–Crippen MR) is 64.7 cm³/mol. The highest BCUT2D eigenvalue weighted by molar-refractivity contribution is 9.10. The number of aryl methyl sites for hydroxylation is 1. The van der Waals surface area contributed by atoms with Crippen molar-refractivity contribution >= 4 is 21.6 Å². The first-order valence-electron chi connectivity index (χ1n) is 4.72. The Morgan fingerprint density at radius 3 is 2.80 bits per heavy atom. The molecule has 2 rings (SSSR count). The molecule has 0 fully saturated rings. The molecule has 0 spiro atoms. The van der Waals surface area contributed by atoms with Gasteiger partial charge in [0.1, 0.15) is 0 Å². The molecule has 1 aromatic carbocycles. The molecule has 0 radical (unpaired) electrons. The van der Waals surface area contributed by atoms with E-state index in [0.717, 1.165) is 22.4 Å². The minimum Gasteiger partial charge on any atom is -0.378 e. The lowest BCUT2D eigenvalue weighted by molar-refractivity contribution is 0.747. The molecular weight excluding hydrogens is 254 g/mol. The third-order valence-corrected chi connectivity index (χ3v) is 2.79. The number of rotatable bonds is 3. The standard InChI is InChI=1S/C11H12BrN3/c1-15-7-6-9(14-15)8-13-11-5-3-2-4-10(11)12/h2-7,13H,8H2,1H3. The van der Waals surface area contributed by atoms with Crippen LogP contribution in [0.25, 0.3) is 0 Å². The molecule has 1 aromatic heterocycles. The van der Waals surface area contributed by atoms with E-state index in [1.807, 2.05) is 43.6 Å². The second kappa shape index (κ2) is 4.49. The highest BCUT2D eigenvalue weighted by atomic mass is 79.9. The first-order chi connectivity index (χ1) is 7.25. The summed E-state index contributed by atoms with van der Waals surface area (Å²) in [5, 5.41) is 7.61. The largest absolute Gasteiger partial charge is 0.378 e. The molecule has 3 nitrogen and oxygen atoms in total. The summed E-state index contributed by atoms with van der Waals surface area (Å²) in [7, 11) is 1.92. The van der Waals surface area contributed by atoms with Gasteiger partial charge in [0, 0.05) is 23.4 Å². The van der Waals surface area contributed by atoms with Gasteiger partial charge in [0.2, 0.25) is 0 Å². The monoisotopic (exact) mass is 265 g/mol. The molecule has 1 N–H and O–H groups in total. The summed E-state index contributed by atoms with van der Waals surface area (Å²) in [6, 6.07) is 10.1. The Bertz CT molecular complexity index is 451. The van der Waals surface area contributed by atoms with Crippen LogP contribution >= 0.6 is 15.9 Å². The van der Waals surface area contributed by atoms with Crippen LogP contribution in [0.1, 0.15) is 5.69 Å². The van der Waals surface area contributed by atoms with Crippen LogP contribution in [-0.4, -0.2) is 9.78 Å². The molecule has 0 amide bonds. The number of anilines is 1. The number of nitrogens with zero attached hydrogens (tertiary/aromatic N) is 2. The quantitative estimate of drug-likeness (QED) is 0.925. The summed E-state index contributed by atoms with van der Waals surface area (Å²) in [4.78, 5) is 0. The van der Waals surface area contributed by atoms with Crippen molar-refractivity contribution in [2.75, 3.05) is 5.32 Å². The molecule has 4 heteroatoms. The first-order valence-corrected chi connectivity index (χ1v) is 5.52. The van der Waals surface area contributed by atoms with Crippen LogP contribution < -0.4 is 5.32 Å². The van der Waals surface area contributed by atoms with Crippen LogP contribution in [0.15, 0.2) is 41.0 Å². The van der Waals surface area contributed by atoms with Crippen molar-refractivity contribution in [1.82, 2.24) is 9.78 Å². The van der Waals surface area contributed by atoms with Crippen LogP contribution in [-0.2, 0) is 13.6 Å².